The third-order valence-corrected chi connectivity index (χ3v) is 6.12. The van der Waals surface area contributed by atoms with Crippen molar-refractivity contribution in [3.63, 3.8) is 0 Å². The summed E-state index contributed by atoms with van der Waals surface area (Å²) in [6.45, 7) is 3.39. The van der Waals surface area contributed by atoms with E-state index in [0.717, 1.165) is 30.8 Å². The van der Waals surface area contributed by atoms with Crippen LogP contribution in [0.2, 0.25) is 0 Å². The first-order valence-electron chi connectivity index (χ1n) is 11.3. The predicted octanol–water partition coefficient (Wildman–Crippen LogP) is 2.15. The fourth-order valence-electron chi connectivity index (χ4n) is 4.26. The molecule has 0 radical (unpaired) electrons. The molecule has 8 nitrogen and oxygen atoms in total. The lowest BCUT2D eigenvalue weighted by molar-refractivity contribution is -0.129. The Labute approximate surface area is 193 Å². The van der Waals surface area contributed by atoms with Crippen LogP contribution in [-0.2, 0) is 9.59 Å². The number of hydrogen-bond donors (Lipinski definition) is 1. The van der Waals surface area contributed by atoms with E-state index in [1.807, 2.05) is 12.1 Å². The molecule has 0 aliphatic carbocycles. The number of benzene rings is 2. The van der Waals surface area contributed by atoms with Crippen molar-refractivity contribution in [2.45, 2.75) is 19.3 Å². The van der Waals surface area contributed by atoms with Crippen molar-refractivity contribution < 1.29 is 14.4 Å². The van der Waals surface area contributed by atoms with Crippen molar-refractivity contribution in [3.8, 4) is 6.07 Å². The Hall–Kier alpha value is -3.86. The highest BCUT2D eigenvalue weighted by molar-refractivity contribution is 5.98. The first-order chi connectivity index (χ1) is 16.0. The fourth-order valence-corrected chi connectivity index (χ4v) is 4.26. The number of hydrogen-bond acceptors (Lipinski definition) is 5. The fraction of sp³-hybridized carbons (Fsp3) is 0.360. The van der Waals surface area contributed by atoms with Crippen LogP contribution in [0.25, 0.3) is 0 Å². The number of carbonyl (C=O) groups is 3. The van der Waals surface area contributed by atoms with Gasteiger partial charge in [0, 0.05) is 56.1 Å². The zero-order valence-corrected chi connectivity index (χ0v) is 18.5. The average Bonchev–Trinajstić information content (AvgIpc) is 3.13. The molecule has 0 bridgehead atoms. The van der Waals surface area contributed by atoms with Gasteiger partial charge in [-0.15, -0.1) is 0 Å². The lowest BCUT2D eigenvalue weighted by atomic mass is 10.2. The van der Waals surface area contributed by atoms with Gasteiger partial charge < -0.3 is 20.0 Å². The molecule has 2 saturated heterocycles. The Morgan fingerprint density at radius 3 is 2.27 bits per heavy atom. The Bertz CT molecular complexity index is 1060. The van der Waals surface area contributed by atoms with Crippen LogP contribution >= 0.6 is 0 Å². The number of nitrogens with one attached hydrogen (secondary N) is 1. The molecule has 0 aromatic heterocycles. The van der Waals surface area contributed by atoms with Gasteiger partial charge in [-0.05, 0) is 61.4 Å². The molecule has 0 unspecified atom stereocenters. The van der Waals surface area contributed by atoms with Gasteiger partial charge in [0.25, 0.3) is 5.91 Å². The van der Waals surface area contributed by atoms with Crippen LogP contribution in [-0.4, -0.2) is 61.9 Å². The van der Waals surface area contributed by atoms with Gasteiger partial charge >= 0.3 is 0 Å². The molecular weight excluding hydrogens is 418 g/mol. The highest BCUT2D eigenvalue weighted by Gasteiger charge is 2.22. The lowest BCUT2D eigenvalue weighted by Gasteiger charge is -2.24. The second kappa shape index (κ2) is 10.2. The van der Waals surface area contributed by atoms with Gasteiger partial charge in [0.15, 0.2) is 0 Å². The molecule has 0 saturated carbocycles. The SMILES string of the molecule is N#Cc1ccc(N2CCCN(C(=O)CNC(=O)c3ccc(N4CCCC4=O)cc3)CC2)cc1. The monoisotopic (exact) mass is 445 g/mol. The molecule has 4 rings (SSSR count). The van der Waals surface area contributed by atoms with Gasteiger partial charge in [0.05, 0.1) is 18.2 Å². The summed E-state index contributed by atoms with van der Waals surface area (Å²) in [4.78, 5) is 42.8. The molecule has 33 heavy (non-hydrogen) atoms. The van der Waals surface area contributed by atoms with E-state index < -0.39 is 0 Å². The molecule has 2 aromatic rings. The second-order valence-electron chi connectivity index (χ2n) is 8.26. The van der Waals surface area contributed by atoms with Crippen molar-refractivity contribution in [2.75, 3.05) is 49.1 Å². The molecule has 2 aromatic carbocycles. The van der Waals surface area contributed by atoms with Crippen LogP contribution in [0.5, 0.6) is 0 Å². The lowest BCUT2D eigenvalue weighted by Crippen LogP contribution is -2.42. The van der Waals surface area contributed by atoms with Crippen LogP contribution < -0.4 is 15.1 Å². The van der Waals surface area contributed by atoms with Crippen LogP contribution in [0.15, 0.2) is 48.5 Å². The van der Waals surface area contributed by atoms with E-state index in [-0.39, 0.29) is 24.3 Å². The summed E-state index contributed by atoms with van der Waals surface area (Å²) in [6, 6.07) is 16.5. The van der Waals surface area contributed by atoms with E-state index in [2.05, 4.69) is 16.3 Å². The number of rotatable bonds is 5. The molecule has 0 atom stereocenters. The Balaban J connectivity index is 1.27. The van der Waals surface area contributed by atoms with Crippen LogP contribution in [0.4, 0.5) is 11.4 Å². The number of nitrogens with zero attached hydrogens (tertiary/aromatic N) is 4. The Kier molecular flexibility index (Phi) is 6.89. The van der Waals surface area contributed by atoms with Crippen molar-refractivity contribution in [1.29, 1.82) is 5.26 Å². The van der Waals surface area contributed by atoms with Crippen molar-refractivity contribution in [2.24, 2.45) is 0 Å². The van der Waals surface area contributed by atoms with Crippen molar-refractivity contribution in [3.05, 3.63) is 59.7 Å². The quantitative estimate of drug-likeness (QED) is 0.761. The highest BCUT2D eigenvalue weighted by Crippen LogP contribution is 2.21. The molecule has 2 aliphatic heterocycles. The molecule has 1 N–H and O–H groups in total. The van der Waals surface area contributed by atoms with Gasteiger partial charge in [-0.1, -0.05) is 0 Å². The van der Waals surface area contributed by atoms with Gasteiger partial charge in [-0.3, -0.25) is 14.4 Å². The van der Waals surface area contributed by atoms with Gasteiger partial charge in [-0.25, -0.2) is 0 Å². The molecule has 3 amide bonds. The number of amides is 3. The summed E-state index contributed by atoms with van der Waals surface area (Å²) in [5, 5.41) is 11.7. The number of anilines is 2. The summed E-state index contributed by atoms with van der Waals surface area (Å²) < 4.78 is 0. The maximum atomic E-state index is 12.7. The molecule has 2 fully saturated rings. The third-order valence-electron chi connectivity index (χ3n) is 6.12. The summed E-state index contributed by atoms with van der Waals surface area (Å²) in [5.74, 6) is -0.311. The zero-order chi connectivity index (χ0) is 23.2. The molecule has 0 spiro atoms. The molecular formula is C25H27N5O3. The first-order valence-corrected chi connectivity index (χ1v) is 11.3. The zero-order valence-electron chi connectivity index (χ0n) is 18.5. The van der Waals surface area contributed by atoms with E-state index in [4.69, 9.17) is 5.26 Å². The average molecular weight is 446 g/mol. The maximum Gasteiger partial charge on any atom is 0.251 e. The first kappa shape index (κ1) is 22.3. The van der Waals surface area contributed by atoms with E-state index in [0.29, 0.717) is 43.7 Å². The topological polar surface area (TPSA) is 96.8 Å². The molecule has 8 heteroatoms. The van der Waals surface area contributed by atoms with E-state index in [1.165, 1.54) is 0 Å². The molecule has 170 valence electrons. The minimum absolute atomic E-state index is 0.0535. The number of nitriles is 1. The smallest absolute Gasteiger partial charge is 0.251 e. The minimum atomic E-state index is -0.309. The van der Waals surface area contributed by atoms with Crippen molar-refractivity contribution in [1.82, 2.24) is 10.2 Å². The third kappa shape index (κ3) is 5.32. The maximum absolute atomic E-state index is 12.7. The van der Waals surface area contributed by atoms with Crippen LogP contribution in [0.3, 0.4) is 0 Å². The molecule has 2 aliphatic rings. The van der Waals surface area contributed by atoms with Crippen LogP contribution in [0, 0.1) is 11.3 Å². The van der Waals surface area contributed by atoms with Crippen LogP contribution in [0.1, 0.15) is 35.2 Å². The summed E-state index contributed by atoms with van der Waals surface area (Å²) >= 11 is 0. The Morgan fingerprint density at radius 2 is 1.61 bits per heavy atom. The summed E-state index contributed by atoms with van der Waals surface area (Å²) in [6.07, 6.45) is 2.24. The van der Waals surface area contributed by atoms with E-state index in [1.54, 1.807) is 46.2 Å². The van der Waals surface area contributed by atoms with Gasteiger partial charge in [0.2, 0.25) is 11.8 Å². The summed E-state index contributed by atoms with van der Waals surface area (Å²) in [5.41, 5.74) is 2.92. The number of carbonyl (C=O) groups excluding carboxylic acids is 3. The summed E-state index contributed by atoms with van der Waals surface area (Å²) in [7, 11) is 0. The predicted molar refractivity (Wildman–Crippen MR) is 125 cm³/mol. The van der Waals surface area contributed by atoms with Crippen molar-refractivity contribution >= 4 is 29.1 Å². The van der Waals surface area contributed by atoms with Gasteiger partial charge in [-0.2, -0.15) is 5.26 Å². The molecule has 2 heterocycles. The Morgan fingerprint density at radius 1 is 0.879 bits per heavy atom. The van der Waals surface area contributed by atoms with E-state index >= 15 is 0 Å². The van der Waals surface area contributed by atoms with E-state index in [9.17, 15) is 14.4 Å². The minimum Gasteiger partial charge on any atom is -0.370 e. The van der Waals surface area contributed by atoms with Gasteiger partial charge in [0.1, 0.15) is 0 Å². The largest absolute Gasteiger partial charge is 0.370 e. The normalized spacial score (nSPS) is 16.3. The highest BCUT2D eigenvalue weighted by atomic mass is 16.2. The standard InChI is InChI=1S/C25H27N5O3/c26-17-19-4-8-21(9-5-19)28-12-2-13-29(16-15-28)24(32)18-27-25(33)20-6-10-22(11-7-20)30-14-1-3-23(30)31/h4-11H,1-3,12-16,18H2,(H,27,33). The second-order valence-corrected chi connectivity index (χ2v) is 8.26.